The molecule has 88 valence electrons. The van der Waals surface area contributed by atoms with Crippen LogP contribution in [0.4, 0.5) is 0 Å². The molecule has 0 bridgehead atoms. The first-order valence-corrected chi connectivity index (χ1v) is 5.29. The third-order valence-corrected chi connectivity index (χ3v) is 2.46. The summed E-state index contributed by atoms with van der Waals surface area (Å²) < 4.78 is 29.8. The van der Waals surface area contributed by atoms with E-state index in [0.717, 1.165) is 6.92 Å². The molecule has 0 aliphatic carbocycles. The Morgan fingerprint density at radius 3 is 2.12 bits per heavy atom. The Hall–Kier alpha value is -0.190. The van der Waals surface area contributed by atoms with Crippen molar-refractivity contribution in [1.29, 1.82) is 0 Å². The predicted octanol–water partition coefficient (Wildman–Crippen LogP) is -6.16. The van der Waals surface area contributed by atoms with Gasteiger partial charge in [0.2, 0.25) is 5.91 Å². The number of carbonyl (C=O) groups is 2. The number of rotatable bonds is 5. The quantitative estimate of drug-likeness (QED) is 0.254. The molecule has 0 rings (SSSR count). The van der Waals surface area contributed by atoms with E-state index in [0.29, 0.717) is 0 Å². The molecule has 2 atom stereocenters. The van der Waals surface area contributed by atoms with Crippen molar-refractivity contribution in [2.24, 2.45) is 0 Å². The molecule has 0 aromatic rings. The molecule has 0 aromatic carbocycles. The summed E-state index contributed by atoms with van der Waals surface area (Å²) in [5, 5.41) is 18.4. The Morgan fingerprint density at radius 1 is 1.44 bits per heavy atom. The van der Waals surface area contributed by atoms with Crippen LogP contribution in [-0.4, -0.2) is 41.4 Å². The third-order valence-electron chi connectivity index (χ3n) is 1.36. The van der Waals surface area contributed by atoms with Crippen LogP contribution in [0.3, 0.4) is 0 Å². The summed E-state index contributed by atoms with van der Waals surface area (Å²) in [6.45, 7) is 1.12. The maximum absolute atomic E-state index is 11.0. The van der Waals surface area contributed by atoms with Gasteiger partial charge in [-0.15, -0.1) is 0 Å². The van der Waals surface area contributed by atoms with Crippen molar-refractivity contribution in [1.82, 2.24) is 5.32 Å². The first-order valence-electron chi connectivity index (χ1n) is 3.79. The summed E-state index contributed by atoms with van der Waals surface area (Å²) in [6, 6.07) is 0. The minimum Gasteiger partial charge on any atom is -0.550 e. The molecule has 2 unspecified atom stereocenters. The molecule has 0 aliphatic heterocycles. The first kappa shape index (κ1) is 18.2. The van der Waals surface area contributed by atoms with E-state index in [4.69, 9.17) is 9.66 Å². The molecule has 1 amide bonds. The summed E-state index contributed by atoms with van der Waals surface area (Å²) >= 11 is 0. The molecule has 8 nitrogen and oxygen atoms in total. The minimum atomic E-state index is -4.85. The number of carbonyl (C=O) groups excluding carboxylic acids is 2. The number of hydrogen-bond acceptors (Lipinski definition) is 6. The fraction of sp³-hybridized carbons (Fsp3) is 0.667. The molecule has 0 heterocycles. The van der Waals surface area contributed by atoms with E-state index in [9.17, 15) is 23.1 Å². The van der Waals surface area contributed by atoms with Crippen molar-refractivity contribution in [3.8, 4) is 0 Å². The van der Waals surface area contributed by atoms with E-state index in [1.165, 1.54) is 0 Å². The average Bonchev–Trinajstić information content (AvgIpc) is 1.95. The maximum Gasteiger partial charge on any atom is 1.00 e. The van der Waals surface area contributed by atoms with Crippen LogP contribution in [0.25, 0.3) is 0 Å². The standard InChI is InChI=1S/C6H11NO7S.Na/c1-3(8)7-6(11)4(2-5(9)10)15(12,13)14;/h3-4,8H,2H2,1H3,(H,7,11)(H,9,10)(H,12,13,14);/q;+1/p-1. The number of aliphatic hydroxyl groups excluding tert-OH is 1. The van der Waals surface area contributed by atoms with Crippen molar-refractivity contribution in [3.63, 3.8) is 0 Å². The van der Waals surface area contributed by atoms with Crippen LogP contribution in [0.15, 0.2) is 0 Å². The van der Waals surface area contributed by atoms with Crippen molar-refractivity contribution < 1.29 is 62.3 Å². The number of aliphatic carboxylic acids is 1. The number of nitrogens with one attached hydrogen (secondary N) is 1. The van der Waals surface area contributed by atoms with E-state index in [1.807, 2.05) is 0 Å². The average molecular weight is 263 g/mol. The Morgan fingerprint density at radius 2 is 1.88 bits per heavy atom. The van der Waals surface area contributed by atoms with Crippen molar-refractivity contribution in [2.75, 3.05) is 0 Å². The molecule has 0 aromatic heterocycles. The van der Waals surface area contributed by atoms with Gasteiger partial charge in [0.25, 0.3) is 10.1 Å². The van der Waals surface area contributed by atoms with Gasteiger partial charge in [-0.1, -0.05) is 0 Å². The van der Waals surface area contributed by atoms with Gasteiger partial charge >= 0.3 is 29.6 Å². The van der Waals surface area contributed by atoms with Crippen molar-refractivity contribution >= 4 is 22.0 Å². The first-order chi connectivity index (χ1) is 6.64. The normalized spacial score (nSPS) is 14.4. The van der Waals surface area contributed by atoms with Crippen LogP contribution in [0.5, 0.6) is 0 Å². The summed E-state index contributed by atoms with van der Waals surface area (Å²) in [6.07, 6.45) is -2.54. The second-order valence-corrected chi connectivity index (χ2v) is 4.36. The molecule has 0 spiro atoms. The zero-order valence-electron chi connectivity index (χ0n) is 8.71. The molecule has 3 N–H and O–H groups in total. The molecular formula is C6H10NNaO7S. The molecule has 16 heavy (non-hydrogen) atoms. The molecule has 0 saturated carbocycles. The smallest absolute Gasteiger partial charge is 0.550 e. The fourth-order valence-electron chi connectivity index (χ4n) is 0.783. The molecular weight excluding hydrogens is 253 g/mol. The van der Waals surface area contributed by atoms with Crippen molar-refractivity contribution in [2.45, 2.75) is 24.8 Å². The van der Waals surface area contributed by atoms with E-state index >= 15 is 0 Å². The van der Waals surface area contributed by atoms with Crippen LogP contribution in [0, 0.1) is 0 Å². The Labute approximate surface area is 114 Å². The Balaban J connectivity index is 0. The maximum atomic E-state index is 11.0. The summed E-state index contributed by atoms with van der Waals surface area (Å²) in [5.74, 6) is -3.12. The van der Waals surface area contributed by atoms with E-state index in [1.54, 1.807) is 5.32 Å². The number of amides is 1. The van der Waals surface area contributed by atoms with Gasteiger partial charge in [0.15, 0.2) is 5.25 Å². The SMILES string of the molecule is CC(O)NC(=O)C(CC(=O)[O-])S(=O)(=O)O.[Na+]. The largest absolute Gasteiger partial charge is 1.00 e. The molecule has 10 heteroatoms. The van der Waals surface area contributed by atoms with E-state index in [2.05, 4.69) is 0 Å². The van der Waals surface area contributed by atoms with Gasteiger partial charge in [-0.2, -0.15) is 8.42 Å². The topological polar surface area (TPSA) is 144 Å². The third kappa shape index (κ3) is 7.14. The molecule has 0 fully saturated rings. The zero-order chi connectivity index (χ0) is 12.2. The zero-order valence-corrected chi connectivity index (χ0v) is 11.5. The minimum absolute atomic E-state index is 0. The van der Waals surface area contributed by atoms with Gasteiger partial charge in [-0.3, -0.25) is 9.35 Å². The van der Waals surface area contributed by atoms with Crippen LogP contribution < -0.4 is 40.0 Å². The van der Waals surface area contributed by atoms with Gasteiger partial charge in [0.1, 0.15) is 6.23 Å². The van der Waals surface area contributed by atoms with Crippen LogP contribution in [-0.2, 0) is 19.7 Å². The fourth-order valence-corrected chi connectivity index (χ4v) is 1.47. The Kier molecular flexibility index (Phi) is 8.18. The number of carboxylic acid groups (broad SMARTS) is 1. The van der Waals surface area contributed by atoms with Crippen LogP contribution in [0.2, 0.25) is 0 Å². The van der Waals surface area contributed by atoms with Gasteiger partial charge in [-0.05, 0) is 6.92 Å². The number of carboxylic acids is 1. The monoisotopic (exact) mass is 263 g/mol. The van der Waals surface area contributed by atoms with Crippen molar-refractivity contribution in [3.05, 3.63) is 0 Å². The van der Waals surface area contributed by atoms with Gasteiger partial charge in [0, 0.05) is 12.4 Å². The second-order valence-electron chi connectivity index (χ2n) is 2.76. The summed E-state index contributed by atoms with van der Waals surface area (Å²) in [4.78, 5) is 21.2. The summed E-state index contributed by atoms with van der Waals surface area (Å²) in [7, 11) is -4.85. The van der Waals surface area contributed by atoms with Crippen LogP contribution in [0.1, 0.15) is 13.3 Å². The summed E-state index contributed by atoms with van der Waals surface area (Å²) in [5.41, 5.74) is 0. The molecule has 0 radical (unpaired) electrons. The van der Waals surface area contributed by atoms with Crippen LogP contribution >= 0.6 is 0 Å². The number of hydrogen-bond donors (Lipinski definition) is 3. The van der Waals surface area contributed by atoms with E-state index < -0.39 is 39.9 Å². The predicted molar refractivity (Wildman–Crippen MR) is 44.8 cm³/mol. The number of aliphatic hydroxyl groups is 1. The van der Waals surface area contributed by atoms with E-state index in [-0.39, 0.29) is 29.6 Å². The second kappa shape index (κ2) is 7.20. The van der Waals surface area contributed by atoms with Gasteiger partial charge in [-0.25, -0.2) is 0 Å². The Bertz CT molecular complexity index is 352. The molecule has 0 aliphatic rings. The van der Waals surface area contributed by atoms with Gasteiger partial charge in [0.05, 0.1) is 0 Å². The van der Waals surface area contributed by atoms with Gasteiger partial charge < -0.3 is 20.3 Å². The molecule has 0 saturated heterocycles.